The number of guanidine groups is 1. The molecule has 1 heterocycles. The number of thiophene rings is 1. The number of rotatable bonds is 5. The van der Waals surface area contributed by atoms with Gasteiger partial charge < -0.3 is 16.0 Å². The van der Waals surface area contributed by atoms with Gasteiger partial charge in [0.15, 0.2) is 5.96 Å². The molecule has 8 heteroatoms. The second-order valence-corrected chi connectivity index (χ2v) is 5.25. The van der Waals surface area contributed by atoms with Crippen molar-refractivity contribution in [3.05, 3.63) is 52.5 Å². The quantitative estimate of drug-likeness (QED) is 0.375. The zero-order chi connectivity index (χ0) is 15.8. The third-order valence-electron chi connectivity index (χ3n) is 2.79. The van der Waals surface area contributed by atoms with Crippen molar-refractivity contribution in [2.75, 3.05) is 18.9 Å². The van der Waals surface area contributed by atoms with Crippen LogP contribution in [0.5, 0.6) is 0 Å². The summed E-state index contributed by atoms with van der Waals surface area (Å²) in [6, 6.07) is 7.78. The highest BCUT2D eigenvalue weighted by Crippen LogP contribution is 2.08. The largest absolute Gasteiger partial charge is 0.352 e. The average Bonchev–Trinajstić information content (AvgIpc) is 3.01. The van der Waals surface area contributed by atoms with Crippen molar-refractivity contribution in [3.8, 4) is 0 Å². The van der Waals surface area contributed by atoms with Crippen molar-refractivity contribution in [1.29, 1.82) is 0 Å². The maximum Gasteiger partial charge on any atom is 0.243 e. The molecule has 124 valence electrons. The van der Waals surface area contributed by atoms with E-state index in [1.807, 2.05) is 16.8 Å². The summed E-state index contributed by atoms with van der Waals surface area (Å²) in [5, 5.41) is 12.7. The molecule has 5 nitrogen and oxygen atoms in total. The van der Waals surface area contributed by atoms with Crippen LogP contribution in [0.4, 0.5) is 10.1 Å². The van der Waals surface area contributed by atoms with Gasteiger partial charge >= 0.3 is 0 Å². The number of amides is 1. The van der Waals surface area contributed by atoms with Crippen molar-refractivity contribution >= 4 is 52.9 Å². The van der Waals surface area contributed by atoms with E-state index in [-0.39, 0.29) is 42.2 Å². The first kappa shape index (κ1) is 19.4. The minimum Gasteiger partial charge on any atom is -0.352 e. The smallest absolute Gasteiger partial charge is 0.243 e. The van der Waals surface area contributed by atoms with Crippen LogP contribution in [0.2, 0.25) is 0 Å². The number of nitrogens with zero attached hydrogens (tertiary/aromatic N) is 1. The summed E-state index contributed by atoms with van der Waals surface area (Å²) in [6.45, 7) is 0.675. The topological polar surface area (TPSA) is 65.5 Å². The molecule has 0 saturated carbocycles. The lowest BCUT2D eigenvalue weighted by molar-refractivity contribution is -0.115. The molecule has 0 atom stereocenters. The summed E-state index contributed by atoms with van der Waals surface area (Å²) in [5.74, 6) is -0.135. The lowest BCUT2D eigenvalue weighted by atomic mass is 10.3. The zero-order valence-electron chi connectivity index (χ0n) is 12.5. The summed E-state index contributed by atoms with van der Waals surface area (Å²) in [5.41, 5.74) is 1.57. The van der Waals surface area contributed by atoms with Crippen molar-refractivity contribution in [2.45, 2.75) is 6.54 Å². The van der Waals surface area contributed by atoms with Crippen molar-refractivity contribution in [2.24, 2.45) is 4.99 Å². The molecule has 1 amide bonds. The highest BCUT2D eigenvalue weighted by atomic mass is 127. The molecule has 1 aromatic heterocycles. The number of benzene rings is 1. The predicted molar refractivity (Wildman–Crippen MR) is 103 cm³/mol. The van der Waals surface area contributed by atoms with Gasteiger partial charge in [0.2, 0.25) is 5.91 Å². The van der Waals surface area contributed by atoms with Gasteiger partial charge in [-0.25, -0.2) is 4.39 Å². The van der Waals surface area contributed by atoms with Crippen LogP contribution in [0.25, 0.3) is 0 Å². The molecule has 0 spiro atoms. The molecular weight excluding hydrogens is 430 g/mol. The standard InChI is InChI=1S/C15H17FN4OS.HI/c1-17-15(18-8-11-5-6-22-10-11)19-9-14(21)20-13-4-2-3-12(16)7-13;/h2-7,10H,8-9H2,1H3,(H,20,21)(H2,17,18,19);1H. The molecule has 23 heavy (non-hydrogen) atoms. The predicted octanol–water partition coefficient (Wildman–Crippen LogP) is 2.81. The monoisotopic (exact) mass is 448 g/mol. The second kappa shape index (κ2) is 10.2. The summed E-state index contributed by atoms with van der Waals surface area (Å²) in [7, 11) is 1.63. The van der Waals surface area contributed by atoms with Gasteiger partial charge in [0.25, 0.3) is 0 Å². The van der Waals surface area contributed by atoms with Gasteiger partial charge in [-0.2, -0.15) is 11.3 Å². The van der Waals surface area contributed by atoms with Gasteiger partial charge in [0, 0.05) is 19.3 Å². The van der Waals surface area contributed by atoms with Crippen LogP contribution in [-0.4, -0.2) is 25.5 Å². The minimum atomic E-state index is -0.390. The molecule has 2 aromatic rings. The molecule has 0 bridgehead atoms. The third kappa shape index (κ3) is 6.95. The lowest BCUT2D eigenvalue weighted by Crippen LogP contribution is -2.41. The SMILES string of the molecule is CN=C(NCC(=O)Nc1cccc(F)c1)NCc1ccsc1.I. The van der Waals surface area contributed by atoms with Gasteiger partial charge in [0.1, 0.15) is 5.82 Å². The Morgan fingerprint density at radius 2 is 2.13 bits per heavy atom. The highest BCUT2D eigenvalue weighted by Gasteiger charge is 2.05. The van der Waals surface area contributed by atoms with E-state index in [1.165, 1.54) is 12.1 Å². The third-order valence-corrected chi connectivity index (χ3v) is 3.52. The first-order chi connectivity index (χ1) is 10.7. The Morgan fingerprint density at radius 3 is 2.78 bits per heavy atom. The van der Waals surface area contributed by atoms with Crippen LogP contribution in [-0.2, 0) is 11.3 Å². The molecule has 0 fully saturated rings. The van der Waals surface area contributed by atoms with Gasteiger partial charge in [-0.05, 0) is 40.6 Å². The Morgan fingerprint density at radius 1 is 1.30 bits per heavy atom. The first-order valence-electron chi connectivity index (χ1n) is 6.68. The van der Waals surface area contributed by atoms with Gasteiger partial charge in [-0.3, -0.25) is 9.79 Å². The van der Waals surface area contributed by atoms with Crippen LogP contribution < -0.4 is 16.0 Å². The number of hydrogen-bond acceptors (Lipinski definition) is 3. The Kier molecular flexibility index (Phi) is 8.56. The normalized spacial score (nSPS) is 10.6. The minimum absolute atomic E-state index is 0. The molecule has 2 rings (SSSR count). The van der Waals surface area contributed by atoms with Crippen LogP contribution in [0.3, 0.4) is 0 Å². The number of nitrogens with one attached hydrogen (secondary N) is 3. The van der Waals surface area contributed by atoms with Crippen molar-refractivity contribution in [1.82, 2.24) is 10.6 Å². The second-order valence-electron chi connectivity index (χ2n) is 4.47. The summed E-state index contributed by atoms with van der Waals surface area (Å²) < 4.78 is 13.0. The van der Waals surface area contributed by atoms with E-state index in [9.17, 15) is 9.18 Å². The average molecular weight is 448 g/mol. The highest BCUT2D eigenvalue weighted by molar-refractivity contribution is 14.0. The van der Waals surface area contributed by atoms with E-state index >= 15 is 0 Å². The van der Waals surface area contributed by atoms with Gasteiger partial charge in [-0.15, -0.1) is 24.0 Å². The number of halogens is 2. The lowest BCUT2D eigenvalue weighted by Gasteiger charge is -2.11. The molecule has 0 saturated heterocycles. The molecule has 3 N–H and O–H groups in total. The van der Waals surface area contributed by atoms with E-state index in [1.54, 1.807) is 30.5 Å². The molecule has 0 aliphatic heterocycles. The maximum absolute atomic E-state index is 13.0. The Labute approximate surface area is 155 Å². The molecule has 0 radical (unpaired) electrons. The van der Waals surface area contributed by atoms with Crippen molar-refractivity contribution < 1.29 is 9.18 Å². The number of hydrogen-bond donors (Lipinski definition) is 3. The fraction of sp³-hybridized carbons (Fsp3) is 0.200. The zero-order valence-corrected chi connectivity index (χ0v) is 15.7. The van der Waals surface area contributed by atoms with Crippen molar-refractivity contribution in [3.63, 3.8) is 0 Å². The molecule has 0 aliphatic carbocycles. The van der Waals surface area contributed by atoms with E-state index in [4.69, 9.17) is 0 Å². The Bertz CT molecular complexity index is 649. The fourth-order valence-electron chi connectivity index (χ4n) is 1.74. The summed E-state index contributed by atoms with van der Waals surface area (Å²) >= 11 is 1.62. The Hall–Kier alpha value is -1.68. The molecule has 0 aliphatic rings. The molecule has 1 aromatic carbocycles. The van der Waals surface area contributed by atoms with E-state index < -0.39 is 0 Å². The van der Waals surface area contributed by atoms with Crippen LogP contribution >= 0.6 is 35.3 Å². The summed E-state index contributed by atoms with van der Waals surface area (Å²) in [6.07, 6.45) is 0. The molecular formula is C15H18FIN4OS. The van der Waals surface area contributed by atoms with Crippen LogP contribution in [0.1, 0.15) is 5.56 Å². The first-order valence-corrected chi connectivity index (χ1v) is 7.62. The molecule has 0 unspecified atom stereocenters. The van der Waals surface area contributed by atoms with Gasteiger partial charge in [-0.1, -0.05) is 6.07 Å². The van der Waals surface area contributed by atoms with Crippen LogP contribution in [0, 0.1) is 5.82 Å². The summed E-state index contributed by atoms with van der Waals surface area (Å²) in [4.78, 5) is 15.8. The van der Waals surface area contributed by atoms with Crippen LogP contribution in [0.15, 0.2) is 46.1 Å². The van der Waals surface area contributed by atoms with Gasteiger partial charge in [0.05, 0.1) is 6.54 Å². The Balaban J connectivity index is 0.00000264. The van der Waals surface area contributed by atoms with E-state index in [0.717, 1.165) is 5.56 Å². The number of carbonyl (C=O) groups is 1. The fourth-order valence-corrected chi connectivity index (χ4v) is 2.40. The maximum atomic E-state index is 13.0. The number of aliphatic imine (C=N–C) groups is 1. The number of anilines is 1. The van der Waals surface area contributed by atoms with E-state index in [0.29, 0.717) is 18.2 Å². The number of carbonyl (C=O) groups excluding carboxylic acids is 1. The van der Waals surface area contributed by atoms with E-state index in [2.05, 4.69) is 20.9 Å².